The van der Waals surface area contributed by atoms with Gasteiger partial charge in [0.2, 0.25) is 0 Å². The molecule has 1 atom stereocenters. The molecule has 3 N–H and O–H groups in total. The molecule has 1 saturated carbocycles. The number of rotatable bonds is 8. The lowest BCUT2D eigenvalue weighted by Gasteiger charge is -2.34. The molecule has 1 saturated heterocycles. The lowest BCUT2D eigenvalue weighted by Crippen LogP contribution is -2.44. The van der Waals surface area contributed by atoms with Crippen molar-refractivity contribution in [2.24, 2.45) is 0 Å². The van der Waals surface area contributed by atoms with Crippen LogP contribution >= 0.6 is 11.6 Å². The van der Waals surface area contributed by atoms with Gasteiger partial charge in [0.05, 0.1) is 53.1 Å². The number of aliphatic hydroxyl groups excluding tert-OH is 1. The van der Waals surface area contributed by atoms with E-state index in [2.05, 4.69) is 15.5 Å². The number of benzene rings is 2. The van der Waals surface area contributed by atoms with Crippen molar-refractivity contribution in [2.75, 3.05) is 43.1 Å². The number of anilines is 2. The molecule has 0 spiro atoms. The van der Waals surface area contributed by atoms with Crippen molar-refractivity contribution in [3.63, 3.8) is 0 Å². The van der Waals surface area contributed by atoms with Gasteiger partial charge in [-0.15, -0.1) is 0 Å². The quantitative estimate of drug-likeness (QED) is 0.354. The third kappa shape index (κ3) is 5.71. The number of carbonyl (C=O) groups is 1. The molecule has 0 radical (unpaired) electrons. The number of aliphatic hydroxyl groups is 1. The molecule has 5 rings (SSSR count). The summed E-state index contributed by atoms with van der Waals surface area (Å²) in [5, 5.41) is 23.3. The first-order chi connectivity index (χ1) is 19.7. The highest BCUT2D eigenvalue weighted by Crippen LogP contribution is 2.56. The summed E-state index contributed by atoms with van der Waals surface area (Å²) in [6.07, 6.45) is 0.734. The summed E-state index contributed by atoms with van der Waals surface area (Å²) in [5.41, 5.74) is 1.82. The predicted octanol–water partition coefficient (Wildman–Crippen LogP) is 3.47. The first kappa shape index (κ1) is 28.8. The van der Waals surface area contributed by atoms with Crippen LogP contribution in [0.2, 0.25) is 5.02 Å². The summed E-state index contributed by atoms with van der Waals surface area (Å²) in [7, 11) is -3.97. The van der Waals surface area contributed by atoms with Gasteiger partial charge in [-0.25, -0.2) is 23.2 Å². The number of hydrogen-bond donors (Lipinski definition) is 3. The zero-order chi connectivity index (χ0) is 29.2. The van der Waals surface area contributed by atoms with E-state index in [1.807, 2.05) is 13.0 Å². The largest absolute Gasteiger partial charge is 0.395 e. The minimum atomic E-state index is -3.97. The van der Waals surface area contributed by atoms with Crippen LogP contribution in [-0.4, -0.2) is 68.5 Å². The van der Waals surface area contributed by atoms with Gasteiger partial charge in [0.15, 0.2) is 15.7 Å². The number of ether oxygens (including phenoxy) is 1. The molecule has 0 bridgehead atoms. The molecular formula is C28H29ClN6O5S. The van der Waals surface area contributed by atoms with E-state index in [1.165, 1.54) is 18.2 Å². The van der Waals surface area contributed by atoms with Crippen LogP contribution < -0.4 is 15.5 Å². The molecule has 0 unspecified atom stereocenters. The average Bonchev–Trinajstić information content (AvgIpc) is 3.79. The smallest absolute Gasteiger partial charge is 0.319 e. The fourth-order valence-electron chi connectivity index (χ4n) is 4.83. The van der Waals surface area contributed by atoms with Crippen molar-refractivity contribution in [2.45, 2.75) is 35.4 Å². The second kappa shape index (κ2) is 11.6. The van der Waals surface area contributed by atoms with Crippen LogP contribution in [0, 0.1) is 11.3 Å². The molecule has 2 aliphatic rings. The number of halogens is 1. The van der Waals surface area contributed by atoms with Crippen molar-refractivity contribution in [1.29, 1.82) is 5.26 Å². The zero-order valence-corrected chi connectivity index (χ0v) is 23.9. The number of carbonyl (C=O) groups excluding carboxylic acids is 1. The van der Waals surface area contributed by atoms with Gasteiger partial charge in [-0.1, -0.05) is 11.6 Å². The van der Waals surface area contributed by atoms with Gasteiger partial charge in [-0.2, -0.15) is 5.26 Å². The maximum absolute atomic E-state index is 14.0. The highest BCUT2D eigenvalue weighted by atomic mass is 35.5. The normalized spacial score (nSPS) is 17.9. The highest BCUT2D eigenvalue weighted by molar-refractivity contribution is 7.92. The average molecular weight is 597 g/mol. The number of amides is 2. The Kier molecular flexibility index (Phi) is 8.15. The Bertz CT molecular complexity index is 1610. The maximum atomic E-state index is 14.0. The number of hydrogen-bond acceptors (Lipinski definition) is 9. The molecule has 2 heterocycles. The Morgan fingerprint density at radius 1 is 1.22 bits per heavy atom. The Hall–Kier alpha value is -3.76. The Labute approximate surface area is 243 Å². The van der Waals surface area contributed by atoms with E-state index in [1.54, 1.807) is 30.3 Å². The summed E-state index contributed by atoms with van der Waals surface area (Å²) in [6, 6.07) is 14.4. The van der Waals surface area contributed by atoms with E-state index in [0.717, 1.165) is 0 Å². The summed E-state index contributed by atoms with van der Waals surface area (Å²) in [5.74, 6) is 0.943. The van der Waals surface area contributed by atoms with E-state index >= 15 is 0 Å². The van der Waals surface area contributed by atoms with Gasteiger partial charge >= 0.3 is 6.03 Å². The van der Waals surface area contributed by atoms with Gasteiger partial charge in [0, 0.05) is 30.4 Å². The van der Waals surface area contributed by atoms with E-state index in [9.17, 15) is 18.5 Å². The van der Waals surface area contributed by atoms with Crippen molar-refractivity contribution in [1.82, 2.24) is 15.3 Å². The lowest BCUT2D eigenvalue weighted by molar-refractivity contribution is 0.0985. The molecule has 1 aliphatic carbocycles. The number of nitriles is 1. The Balaban J connectivity index is 1.55. The second-order valence-electron chi connectivity index (χ2n) is 9.99. The molecular weight excluding hydrogens is 568 g/mol. The molecule has 214 valence electrons. The van der Waals surface area contributed by atoms with Crippen LogP contribution in [-0.2, 0) is 19.3 Å². The fraction of sp³-hybridized carbons (Fsp3) is 0.357. The minimum absolute atomic E-state index is 0.00209. The summed E-state index contributed by atoms with van der Waals surface area (Å²) < 4.78 is 32.4. The summed E-state index contributed by atoms with van der Waals surface area (Å²) in [6.45, 7) is 3.59. The number of nitrogens with zero attached hydrogens (tertiary/aromatic N) is 4. The van der Waals surface area contributed by atoms with E-state index in [-0.39, 0.29) is 34.7 Å². The van der Waals surface area contributed by atoms with Gasteiger partial charge in [0.25, 0.3) is 0 Å². The van der Waals surface area contributed by atoms with Crippen molar-refractivity contribution < 1.29 is 23.1 Å². The fourth-order valence-corrected chi connectivity index (χ4v) is 7.32. The van der Waals surface area contributed by atoms with Crippen LogP contribution in [0.5, 0.6) is 0 Å². The molecule has 3 aromatic rings. The standard InChI is InChI=1S/C28H29ClN6O5S/c1-18-17-40-13-11-35(18)25-15-24(28(8-9-28)41(38,39)23-7-2-19(16-30)14-22(23)29)33-26(34-25)20-3-5-21(6-4-20)32-27(37)31-10-12-36/h2-7,14-15,18,36H,8-13,17H2,1H3,(H2,31,32,37)/t18-/m0/s1. The number of nitrogens with one attached hydrogen (secondary N) is 2. The molecule has 2 amide bonds. The van der Waals surface area contributed by atoms with Crippen molar-refractivity contribution in [3.8, 4) is 17.5 Å². The topological polar surface area (TPSA) is 158 Å². The number of aromatic nitrogens is 2. The van der Waals surface area contributed by atoms with Crippen LogP contribution in [0.25, 0.3) is 11.4 Å². The van der Waals surface area contributed by atoms with Gasteiger partial charge in [-0.05, 0) is 62.2 Å². The van der Waals surface area contributed by atoms with Gasteiger partial charge < -0.3 is 25.4 Å². The molecule has 1 aliphatic heterocycles. The van der Waals surface area contributed by atoms with Gasteiger partial charge in [0.1, 0.15) is 10.6 Å². The van der Waals surface area contributed by atoms with Gasteiger partial charge in [-0.3, -0.25) is 0 Å². The monoisotopic (exact) mass is 596 g/mol. The predicted molar refractivity (Wildman–Crippen MR) is 153 cm³/mol. The molecule has 13 heteroatoms. The SMILES string of the molecule is C[C@H]1COCCN1c1cc(C2(S(=O)(=O)c3ccc(C#N)cc3Cl)CC2)nc(-c2ccc(NC(=O)NCCO)cc2)n1. The Morgan fingerprint density at radius 2 is 1.98 bits per heavy atom. The van der Waals surface area contributed by atoms with E-state index in [0.29, 0.717) is 61.2 Å². The molecule has 1 aromatic heterocycles. The molecule has 2 aromatic carbocycles. The summed E-state index contributed by atoms with van der Waals surface area (Å²) in [4.78, 5) is 23.6. The number of sulfone groups is 1. The lowest BCUT2D eigenvalue weighted by atomic mass is 10.1. The van der Waals surface area contributed by atoms with Crippen LogP contribution in [0.1, 0.15) is 31.0 Å². The molecule has 41 heavy (non-hydrogen) atoms. The third-order valence-electron chi connectivity index (χ3n) is 7.21. The third-order valence-corrected chi connectivity index (χ3v) is 10.2. The summed E-state index contributed by atoms with van der Waals surface area (Å²) >= 11 is 6.36. The molecule has 2 fully saturated rings. The number of morpholine rings is 1. The highest BCUT2D eigenvalue weighted by Gasteiger charge is 2.58. The first-order valence-corrected chi connectivity index (χ1v) is 15.0. The maximum Gasteiger partial charge on any atom is 0.319 e. The first-order valence-electron chi connectivity index (χ1n) is 13.1. The van der Waals surface area contributed by atoms with Crippen LogP contribution in [0.15, 0.2) is 53.4 Å². The second-order valence-corrected chi connectivity index (χ2v) is 12.6. The zero-order valence-electron chi connectivity index (χ0n) is 22.3. The van der Waals surface area contributed by atoms with Crippen molar-refractivity contribution >= 4 is 39.0 Å². The van der Waals surface area contributed by atoms with Crippen molar-refractivity contribution in [3.05, 3.63) is 64.8 Å². The van der Waals surface area contributed by atoms with E-state index in [4.69, 9.17) is 31.4 Å². The van der Waals surface area contributed by atoms with E-state index < -0.39 is 20.6 Å². The molecule has 11 nitrogen and oxygen atoms in total. The minimum Gasteiger partial charge on any atom is -0.395 e. The Morgan fingerprint density at radius 3 is 2.61 bits per heavy atom. The van der Waals surface area contributed by atoms with Crippen LogP contribution in [0.3, 0.4) is 0 Å². The van der Waals surface area contributed by atoms with Crippen LogP contribution in [0.4, 0.5) is 16.3 Å². The number of urea groups is 1.